The molecule has 2 aromatic heterocycles. The summed E-state index contributed by atoms with van der Waals surface area (Å²) >= 11 is 1.68. The predicted octanol–water partition coefficient (Wildman–Crippen LogP) is 1.71. The van der Waals surface area contributed by atoms with E-state index in [0.717, 1.165) is 12.2 Å². The summed E-state index contributed by atoms with van der Waals surface area (Å²) in [5.74, 6) is 1.51. The molecular formula is C16H22N4O2S. The number of rotatable bonds is 7. The molecule has 7 heteroatoms. The number of nitrogens with one attached hydrogen (secondary N) is 2. The van der Waals surface area contributed by atoms with Gasteiger partial charge in [0, 0.05) is 31.9 Å². The second-order valence-corrected chi connectivity index (χ2v) is 6.17. The summed E-state index contributed by atoms with van der Waals surface area (Å²) in [7, 11) is 3.45. The monoisotopic (exact) mass is 334 g/mol. The molecule has 0 aliphatic heterocycles. The van der Waals surface area contributed by atoms with Gasteiger partial charge in [0.05, 0.1) is 12.8 Å². The standard InChI is InChI=1S/C16H22N4O2S/c1-20(2)15(21)12-19-16(18-11-14-6-4-10-23-14)17-8-7-13-5-3-9-22-13/h3-6,9-10H,7-8,11-12H2,1-2H3,(H2,17,18,19). The van der Waals surface area contributed by atoms with Crippen LogP contribution in [0.3, 0.4) is 0 Å². The Bertz CT molecular complexity index is 606. The largest absolute Gasteiger partial charge is 0.469 e. The topological polar surface area (TPSA) is 69.9 Å². The zero-order chi connectivity index (χ0) is 16.5. The third kappa shape index (κ3) is 6.15. The van der Waals surface area contributed by atoms with Crippen LogP contribution in [0.2, 0.25) is 0 Å². The maximum atomic E-state index is 11.7. The molecule has 23 heavy (non-hydrogen) atoms. The molecule has 0 radical (unpaired) electrons. The lowest BCUT2D eigenvalue weighted by atomic mass is 10.3. The average Bonchev–Trinajstić information content (AvgIpc) is 3.22. The first kappa shape index (κ1) is 17.1. The van der Waals surface area contributed by atoms with Crippen molar-refractivity contribution in [2.75, 3.05) is 27.2 Å². The van der Waals surface area contributed by atoms with Gasteiger partial charge in [0.1, 0.15) is 12.3 Å². The molecule has 0 fully saturated rings. The van der Waals surface area contributed by atoms with E-state index in [1.807, 2.05) is 23.6 Å². The van der Waals surface area contributed by atoms with Crippen LogP contribution < -0.4 is 10.6 Å². The Balaban J connectivity index is 1.86. The number of amides is 1. The van der Waals surface area contributed by atoms with Gasteiger partial charge in [-0.3, -0.25) is 4.79 Å². The highest BCUT2D eigenvalue weighted by Gasteiger charge is 2.05. The number of carbonyl (C=O) groups is 1. The van der Waals surface area contributed by atoms with E-state index >= 15 is 0 Å². The van der Waals surface area contributed by atoms with E-state index < -0.39 is 0 Å². The van der Waals surface area contributed by atoms with Crippen LogP contribution in [0, 0.1) is 0 Å². The molecule has 0 unspecified atom stereocenters. The lowest BCUT2D eigenvalue weighted by Gasteiger charge is -2.13. The number of nitrogens with zero attached hydrogens (tertiary/aromatic N) is 2. The zero-order valence-electron chi connectivity index (χ0n) is 13.4. The molecule has 2 heterocycles. The summed E-state index contributed by atoms with van der Waals surface area (Å²) in [6.07, 6.45) is 2.42. The Kier molecular flexibility index (Phi) is 6.68. The summed E-state index contributed by atoms with van der Waals surface area (Å²) in [5.41, 5.74) is 0. The second-order valence-electron chi connectivity index (χ2n) is 5.14. The molecule has 0 saturated heterocycles. The Hall–Kier alpha value is -2.28. The molecule has 0 aliphatic carbocycles. The Morgan fingerprint density at radius 1 is 1.30 bits per heavy atom. The van der Waals surface area contributed by atoms with Crippen molar-refractivity contribution in [3.8, 4) is 0 Å². The fourth-order valence-electron chi connectivity index (χ4n) is 1.81. The molecule has 0 atom stereocenters. The lowest BCUT2D eigenvalue weighted by molar-refractivity contribution is -0.127. The summed E-state index contributed by atoms with van der Waals surface area (Å²) in [4.78, 5) is 18.8. The Morgan fingerprint density at radius 3 is 2.83 bits per heavy atom. The number of hydrogen-bond acceptors (Lipinski definition) is 4. The minimum absolute atomic E-state index is 0.0340. The van der Waals surface area contributed by atoms with Gasteiger partial charge < -0.3 is 20.0 Å². The van der Waals surface area contributed by atoms with Crippen LogP contribution in [0.15, 0.2) is 45.3 Å². The van der Waals surface area contributed by atoms with E-state index in [0.29, 0.717) is 19.0 Å². The smallest absolute Gasteiger partial charge is 0.243 e. The number of thiophene rings is 1. The molecule has 6 nitrogen and oxygen atoms in total. The van der Waals surface area contributed by atoms with Crippen LogP contribution in [0.25, 0.3) is 0 Å². The molecule has 0 aliphatic rings. The summed E-state index contributed by atoms with van der Waals surface area (Å²) < 4.78 is 5.30. The Labute approximate surface area is 140 Å². The van der Waals surface area contributed by atoms with Crippen molar-refractivity contribution < 1.29 is 9.21 Å². The maximum absolute atomic E-state index is 11.7. The molecule has 0 spiro atoms. The van der Waals surface area contributed by atoms with Crippen LogP contribution in [-0.4, -0.2) is 44.0 Å². The van der Waals surface area contributed by atoms with Crippen molar-refractivity contribution in [1.29, 1.82) is 0 Å². The van der Waals surface area contributed by atoms with Gasteiger partial charge in [-0.05, 0) is 23.6 Å². The molecular weight excluding hydrogens is 312 g/mol. The van der Waals surface area contributed by atoms with Gasteiger partial charge in [-0.15, -0.1) is 11.3 Å². The van der Waals surface area contributed by atoms with Gasteiger partial charge in [-0.25, -0.2) is 4.99 Å². The van der Waals surface area contributed by atoms with Crippen LogP contribution in [0.5, 0.6) is 0 Å². The fraction of sp³-hybridized carbons (Fsp3) is 0.375. The van der Waals surface area contributed by atoms with Gasteiger partial charge in [-0.1, -0.05) is 6.07 Å². The zero-order valence-corrected chi connectivity index (χ0v) is 14.2. The van der Waals surface area contributed by atoms with E-state index in [2.05, 4.69) is 21.7 Å². The first-order valence-electron chi connectivity index (χ1n) is 7.42. The van der Waals surface area contributed by atoms with Gasteiger partial charge in [0.15, 0.2) is 5.96 Å². The van der Waals surface area contributed by atoms with Crippen molar-refractivity contribution in [2.24, 2.45) is 4.99 Å². The molecule has 0 aromatic carbocycles. The first-order chi connectivity index (χ1) is 11.1. The molecule has 124 valence electrons. The minimum atomic E-state index is -0.0340. The van der Waals surface area contributed by atoms with E-state index in [1.165, 1.54) is 9.78 Å². The number of carbonyl (C=O) groups excluding carboxylic acids is 1. The lowest BCUT2D eigenvalue weighted by Crippen LogP contribution is -2.39. The van der Waals surface area contributed by atoms with Crippen LogP contribution in [0.4, 0.5) is 0 Å². The van der Waals surface area contributed by atoms with Crippen molar-refractivity contribution in [3.63, 3.8) is 0 Å². The van der Waals surface area contributed by atoms with Gasteiger partial charge in [-0.2, -0.15) is 0 Å². The number of hydrogen-bond donors (Lipinski definition) is 2. The van der Waals surface area contributed by atoms with Gasteiger partial charge >= 0.3 is 0 Å². The van der Waals surface area contributed by atoms with E-state index in [-0.39, 0.29) is 12.5 Å². The highest BCUT2D eigenvalue weighted by atomic mass is 32.1. The second kappa shape index (κ2) is 8.99. The number of likely N-dealkylation sites (N-methyl/N-ethyl adjacent to an activating group) is 1. The highest BCUT2D eigenvalue weighted by molar-refractivity contribution is 7.09. The minimum Gasteiger partial charge on any atom is -0.469 e. The van der Waals surface area contributed by atoms with E-state index in [4.69, 9.17) is 4.42 Å². The van der Waals surface area contributed by atoms with Crippen molar-refractivity contribution in [2.45, 2.75) is 13.0 Å². The highest BCUT2D eigenvalue weighted by Crippen LogP contribution is 2.07. The fourth-order valence-corrected chi connectivity index (χ4v) is 2.45. The van der Waals surface area contributed by atoms with Crippen LogP contribution in [-0.2, 0) is 17.8 Å². The molecule has 0 bridgehead atoms. The molecule has 2 aromatic rings. The van der Waals surface area contributed by atoms with Crippen molar-refractivity contribution in [1.82, 2.24) is 15.5 Å². The van der Waals surface area contributed by atoms with Gasteiger partial charge in [0.2, 0.25) is 5.91 Å². The number of guanidine groups is 1. The van der Waals surface area contributed by atoms with Crippen LogP contribution >= 0.6 is 11.3 Å². The predicted molar refractivity (Wildman–Crippen MR) is 92.6 cm³/mol. The summed E-state index contributed by atoms with van der Waals surface area (Å²) in [5, 5.41) is 8.51. The van der Waals surface area contributed by atoms with Crippen molar-refractivity contribution in [3.05, 3.63) is 46.5 Å². The number of furan rings is 1. The number of aliphatic imine (C=N–C) groups is 1. The third-order valence-corrected chi connectivity index (χ3v) is 4.00. The SMILES string of the molecule is CN(C)C(=O)CN=C(NCCc1ccco1)NCc1cccs1. The van der Waals surface area contributed by atoms with Gasteiger partial charge in [0.25, 0.3) is 0 Å². The molecule has 0 saturated carbocycles. The normalized spacial score (nSPS) is 11.3. The van der Waals surface area contributed by atoms with E-state index in [1.54, 1.807) is 31.7 Å². The molecule has 2 N–H and O–H groups in total. The summed E-state index contributed by atoms with van der Waals surface area (Å²) in [6, 6.07) is 7.88. The van der Waals surface area contributed by atoms with Crippen molar-refractivity contribution >= 4 is 23.2 Å². The van der Waals surface area contributed by atoms with Crippen LogP contribution in [0.1, 0.15) is 10.6 Å². The summed E-state index contributed by atoms with van der Waals surface area (Å²) in [6.45, 7) is 1.48. The average molecular weight is 334 g/mol. The quantitative estimate of drug-likeness (QED) is 0.597. The maximum Gasteiger partial charge on any atom is 0.243 e. The first-order valence-corrected chi connectivity index (χ1v) is 8.30. The third-order valence-electron chi connectivity index (χ3n) is 3.13. The molecule has 2 rings (SSSR count). The molecule has 1 amide bonds. The Morgan fingerprint density at radius 2 is 2.17 bits per heavy atom. The van der Waals surface area contributed by atoms with E-state index in [9.17, 15) is 4.79 Å².